The number of hydrogen-bond acceptors (Lipinski definition) is 4. The molecule has 0 fully saturated rings. The van der Waals surface area contributed by atoms with Gasteiger partial charge in [0.2, 0.25) is 0 Å². The van der Waals surface area contributed by atoms with Crippen molar-refractivity contribution in [2.24, 2.45) is 0 Å². The molecule has 6 nitrogen and oxygen atoms in total. The van der Waals surface area contributed by atoms with Gasteiger partial charge in [0.15, 0.2) is 5.82 Å². The van der Waals surface area contributed by atoms with Gasteiger partial charge in [0, 0.05) is 16.5 Å². The van der Waals surface area contributed by atoms with Crippen LogP contribution >= 0.6 is 0 Å². The lowest BCUT2D eigenvalue weighted by Gasteiger charge is -2.12. The van der Waals surface area contributed by atoms with Crippen molar-refractivity contribution in [2.45, 2.75) is 26.4 Å². The second kappa shape index (κ2) is 6.39. The Morgan fingerprint density at radius 3 is 2.56 bits per heavy atom. The number of nitrogens with one attached hydrogen (secondary N) is 2. The van der Waals surface area contributed by atoms with Crippen molar-refractivity contribution >= 4 is 10.9 Å². The first kappa shape index (κ1) is 15.4. The summed E-state index contributed by atoms with van der Waals surface area (Å²) in [5.41, 5.74) is 3.91. The lowest BCUT2D eigenvalue weighted by molar-refractivity contribution is 0.217. The minimum Gasteiger partial charge on any atom is -0.491 e. The Morgan fingerprint density at radius 2 is 1.84 bits per heavy atom. The molecule has 6 heteroatoms. The fourth-order valence-corrected chi connectivity index (χ4v) is 2.73. The molecule has 0 saturated heterocycles. The van der Waals surface area contributed by atoms with E-state index in [1.807, 2.05) is 36.4 Å². The Kier molecular flexibility index (Phi) is 3.93. The van der Waals surface area contributed by atoms with Gasteiger partial charge in [-0.2, -0.15) is 10.2 Å². The zero-order chi connectivity index (χ0) is 17.2. The molecule has 0 aliphatic carbocycles. The van der Waals surface area contributed by atoms with E-state index in [4.69, 9.17) is 4.74 Å². The minimum absolute atomic E-state index is 0.210. The number of H-pyrrole nitrogens is 2. The van der Waals surface area contributed by atoms with Crippen molar-refractivity contribution in [2.75, 3.05) is 0 Å². The highest BCUT2D eigenvalue weighted by atomic mass is 16.5. The fourth-order valence-electron chi connectivity index (χ4n) is 2.73. The summed E-state index contributed by atoms with van der Waals surface area (Å²) in [6, 6.07) is 14.1. The molecule has 2 aromatic carbocycles. The van der Waals surface area contributed by atoms with Crippen molar-refractivity contribution in [1.82, 2.24) is 25.4 Å². The van der Waals surface area contributed by atoms with E-state index in [-0.39, 0.29) is 6.10 Å². The summed E-state index contributed by atoms with van der Waals surface area (Å²) in [7, 11) is 0. The van der Waals surface area contributed by atoms with Gasteiger partial charge in [-0.1, -0.05) is 6.92 Å². The van der Waals surface area contributed by atoms with E-state index >= 15 is 0 Å². The monoisotopic (exact) mass is 333 g/mol. The molecule has 2 N–H and O–H groups in total. The van der Waals surface area contributed by atoms with Gasteiger partial charge in [-0.15, -0.1) is 0 Å². The third-order valence-electron chi connectivity index (χ3n) is 4.29. The number of aromatic amines is 2. The predicted octanol–water partition coefficient (Wildman–Crippen LogP) is 4.19. The van der Waals surface area contributed by atoms with Crippen molar-refractivity contribution in [3.8, 4) is 28.4 Å². The average Bonchev–Trinajstić information content (AvgIpc) is 3.31. The van der Waals surface area contributed by atoms with Gasteiger partial charge in [-0.05, 0) is 55.8 Å². The number of benzene rings is 2. The maximum absolute atomic E-state index is 5.84. The van der Waals surface area contributed by atoms with Crippen LogP contribution in [0.3, 0.4) is 0 Å². The van der Waals surface area contributed by atoms with Gasteiger partial charge < -0.3 is 4.74 Å². The first-order chi connectivity index (χ1) is 12.2. The standard InChI is InChI=1S/C19H19N5O/c1-3-12(2)25-15-7-4-13(5-8-15)18-16-10-14(19-20-11-21-24-19)6-9-17(16)22-23-18/h4-12H,3H2,1-2H3,(H,22,23)(H,20,21,24). The van der Waals surface area contributed by atoms with Gasteiger partial charge in [-0.25, -0.2) is 4.98 Å². The molecule has 4 aromatic rings. The Morgan fingerprint density at radius 1 is 1.04 bits per heavy atom. The smallest absolute Gasteiger partial charge is 0.155 e. The van der Waals surface area contributed by atoms with Crippen LogP contribution in [0.4, 0.5) is 0 Å². The first-order valence-corrected chi connectivity index (χ1v) is 8.35. The summed E-state index contributed by atoms with van der Waals surface area (Å²) in [5, 5.41) is 15.4. The third kappa shape index (κ3) is 2.98. The summed E-state index contributed by atoms with van der Waals surface area (Å²) in [4.78, 5) is 4.21. The Labute approximate surface area is 145 Å². The van der Waals surface area contributed by atoms with Crippen LogP contribution in [-0.2, 0) is 0 Å². The van der Waals surface area contributed by atoms with Crippen molar-refractivity contribution < 1.29 is 4.74 Å². The molecular formula is C19H19N5O. The summed E-state index contributed by atoms with van der Waals surface area (Å²) >= 11 is 0. The van der Waals surface area contributed by atoms with Crippen LogP contribution < -0.4 is 4.74 Å². The molecule has 25 heavy (non-hydrogen) atoms. The Balaban J connectivity index is 1.70. The maximum atomic E-state index is 5.84. The van der Waals surface area contributed by atoms with Crippen LogP contribution in [0.5, 0.6) is 5.75 Å². The van der Waals surface area contributed by atoms with E-state index in [0.717, 1.165) is 45.7 Å². The van der Waals surface area contributed by atoms with Crippen LogP contribution in [0.15, 0.2) is 48.8 Å². The van der Waals surface area contributed by atoms with E-state index in [2.05, 4.69) is 45.3 Å². The van der Waals surface area contributed by atoms with Gasteiger partial charge in [0.25, 0.3) is 0 Å². The molecule has 0 aliphatic heterocycles. The van der Waals surface area contributed by atoms with Crippen LogP contribution in [0.2, 0.25) is 0 Å². The van der Waals surface area contributed by atoms with E-state index < -0.39 is 0 Å². The highest BCUT2D eigenvalue weighted by molar-refractivity contribution is 5.95. The van der Waals surface area contributed by atoms with Crippen molar-refractivity contribution in [3.05, 3.63) is 48.8 Å². The quantitative estimate of drug-likeness (QED) is 0.574. The van der Waals surface area contributed by atoms with Crippen molar-refractivity contribution in [3.63, 3.8) is 0 Å². The topological polar surface area (TPSA) is 79.5 Å². The van der Waals surface area contributed by atoms with E-state index in [0.29, 0.717) is 0 Å². The average molecular weight is 333 g/mol. The zero-order valence-electron chi connectivity index (χ0n) is 14.2. The Bertz CT molecular complexity index is 973. The lowest BCUT2D eigenvalue weighted by Crippen LogP contribution is -2.09. The second-order valence-corrected chi connectivity index (χ2v) is 6.03. The van der Waals surface area contributed by atoms with E-state index in [9.17, 15) is 0 Å². The molecule has 0 amide bonds. The summed E-state index contributed by atoms with van der Waals surface area (Å²) < 4.78 is 5.84. The molecule has 126 valence electrons. The van der Waals surface area contributed by atoms with Crippen LogP contribution in [0.25, 0.3) is 33.5 Å². The van der Waals surface area contributed by atoms with Gasteiger partial charge >= 0.3 is 0 Å². The highest BCUT2D eigenvalue weighted by Gasteiger charge is 2.11. The molecular weight excluding hydrogens is 314 g/mol. The zero-order valence-corrected chi connectivity index (χ0v) is 14.2. The van der Waals surface area contributed by atoms with Crippen molar-refractivity contribution in [1.29, 1.82) is 0 Å². The fraction of sp³-hybridized carbons (Fsp3) is 0.211. The summed E-state index contributed by atoms with van der Waals surface area (Å²) in [5.74, 6) is 1.62. The van der Waals surface area contributed by atoms with Gasteiger partial charge in [-0.3, -0.25) is 10.2 Å². The normalized spacial score (nSPS) is 12.4. The second-order valence-electron chi connectivity index (χ2n) is 6.03. The maximum Gasteiger partial charge on any atom is 0.155 e. The molecule has 0 bridgehead atoms. The molecule has 0 spiro atoms. The molecule has 0 radical (unpaired) electrons. The van der Waals surface area contributed by atoms with Crippen LogP contribution in [-0.4, -0.2) is 31.5 Å². The van der Waals surface area contributed by atoms with E-state index in [1.165, 1.54) is 6.33 Å². The number of rotatable bonds is 5. The minimum atomic E-state index is 0.210. The van der Waals surface area contributed by atoms with Gasteiger partial charge in [0.05, 0.1) is 17.3 Å². The molecule has 0 saturated carbocycles. The number of hydrogen-bond donors (Lipinski definition) is 2. The molecule has 1 unspecified atom stereocenters. The summed E-state index contributed by atoms with van der Waals surface area (Å²) in [6.07, 6.45) is 2.70. The Hall–Kier alpha value is -3.15. The summed E-state index contributed by atoms with van der Waals surface area (Å²) in [6.45, 7) is 4.18. The lowest BCUT2D eigenvalue weighted by atomic mass is 10.1. The molecule has 2 aromatic heterocycles. The largest absolute Gasteiger partial charge is 0.491 e. The molecule has 2 heterocycles. The number of aromatic nitrogens is 5. The van der Waals surface area contributed by atoms with Gasteiger partial charge in [0.1, 0.15) is 12.1 Å². The van der Waals surface area contributed by atoms with Crippen LogP contribution in [0, 0.1) is 0 Å². The molecule has 0 aliphatic rings. The number of nitrogens with zero attached hydrogens (tertiary/aromatic N) is 3. The number of ether oxygens (including phenoxy) is 1. The molecule has 4 rings (SSSR count). The third-order valence-corrected chi connectivity index (χ3v) is 4.29. The SMILES string of the molecule is CCC(C)Oc1ccc(-c2n[nH]c3ccc(-c4ncn[nH]4)cc23)cc1. The highest BCUT2D eigenvalue weighted by Crippen LogP contribution is 2.30. The molecule has 1 atom stereocenters. The predicted molar refractivity (Wildman–Crippen MR) is 97.3 cm³/mol. The van der Waals surface area contributed by atoms with E-state index in [1.54, 1.807) is 0 Å². The first-order valence-electron chi connectivity index (χ1n) is 8.35. The van der Waals surface area contributed by atoms with Crippen LogP contribution in [0.1, 0.15) is 20.3 Å². The number of fused-ring (bicyclic) bond motifs is 1.